The van der Waals surface area contributed by atoms with Gasteiger partial charge in [0.15, 0.2) is 0 Å². The van der Waals surface area contributed by atoms with E-state index in [1.165, 1.54) is 12.1 Å². The van der Waals surface area contributed by atoms with Crippen LogP contribution in [0.15, 0.2) is 42.5 Å². The number of anilines is 1. The zero-order chi connectivity index (χ0) is 20.8. The maximum atomic E-state index is 12.4. The highest BCUT2D eigenvalue weighted by molar-refractivity contribution is 5.99. The van der Waals surface area contributed by atoms with Crippen LogP contribution < -0.4 is 15.8 Å². The highest BCUT2D eigenvalue weighted by Crippen LogP contribution is 2.29. The Balaban J connectivity index is 1.69. The summed E-state index contributed by atoms with van der Waals surface area (Å²) in [6, 6.07) is 11.3. The van der Waals surface area contributed by atoms with Gasteiger partial charge in [0, 0.05) is 30.3 Å². The fourth-order valence-electron chi connectivity index (χ4n) is 3.03. The lowest BCUT2D eigenvalue weighted by Gasteiger charge is -2.28. The Morgan fingerprint density at radius 1 is 1.03 bits per heavy atom. The van der Waals surface area contributed by atoms with Gasteiger partial charge in [-0.2, -0.15) is 0 Å². The molecule has 29 heavy (non-hydrogen) atoms. The average Bonchev–Trinajstić information content (AvgIpc) is 2.77. The summed E-state index contributed by atoms with van der Waals surface area (Å²) in [6.45, 7) is 4.08. The molecule has 1 fully saturated rings. The Hall–Kier alpha value is -3.46. The topological polar surface area (TPSA) is 114 Å². The van der Waals surface area contributed by atoms with Crippen LogP contribution >= 0.6 is 0 Å². The molecular weight excluding hydrogens is 376 g/mol. The van der Waals surface area contributed by atoms with Crippen LogP contribution in [0, 0.1) is 10.1 Å². The summed E-state index contributed by atoms with van der Waals surface area (Å²) >= 11 is 0. The van der Waals surface area contributed by atoms with Crippen molar-refractivity contribution < 1.29 is 19.2 Å². The van der Waals surface area contributed by atoms with E-state index < -0.39 is 16.7 Å². The third kappa shape index (κ3) is 4.88. The number of hydrogen-bond acceptors (Lipinski definition) is 6. The van der Waals surface area contributed by atoms with Crippen LogP contribution in [-0.2, 0) is 11.2 Å². The van der Waals surface area contributed by atoms with Gasteiger partial charge in [-0.3, -0.25) is 30.6 Å². The van der Waals surface area contributed by atoms with Crippen LogP contribution in [0.1, 0.15) is 33.2 Å². The number of nitrogens with zero attached hydrogens (tertiary/aromatic N) is 2. The predicted octanol–water partition coefficient (Wildman–Crippen LogP) is 2.07. The fourth-order valence-corrected chi connectivity index (χ4v) is 3.03. The summed E-state index contributed by atoms with van der Waals surface area (Å²) in [6.07, 6.45) is 0.859. The molecule has 0 spiro atoms. The maximum Gasteiger partial charge on any atom is 0.293 e. The van der Waals surface area contributed by atoms with Gasteiger partial charge >= 0.3 is 0 Å². The predicted molar refractivity (Wildman–Crippen MR) is 107 cm³/mol. The number of nitrogens with one attached hydrogen (secondary N) is 2. The van der Waals surface area contributed by atoms with Crippen molar-refractivity contribution in [3.63, 3.8) is 0 Å². The number of rotatable bonds is 5. The summed E-state index contributed by atoms with van der Waals surface area (Å²) in [5, 5.41) is 11.5. The molecule has 2 aromatic rings. The lowest BCUT2D eigenvalue weighted by Crippen LogP contribution is -2.41. The molecule has 152 valence electrons. The van der Waals surface area contributed by atoms with Crippen LogP contribution in [0.4, 0.5) is 11.4 Å². The second-order valence-electron chi connectivity index (χ2n) is 6.52. The Morgan fingerprint density at radius 2 is 1.62 bits per heavy atom. The number of benzene rings is 2. The van der Waals surface area contributed by atoms with Crippen LogP contribution in [0.5, 0.6) is 0 Å². The summed E-state index contributed by atoms with van der Waals surface area (Å²) in [7, 11) is 0. The van der Waals surface area contributed by atoms with Crippen LogP contribution in [0.2, 0.25) is 0 Å². The molecule has 2 aromatic carbocycles. The number of ether oxygens (including phenoxy) is 1. The number of nitro groups is 1. The summed E-state index contributed by atoms with van der Waals surface area (Å²) in [5.74, 6) is -1.11. The molecule has 0 atom stereocenters. The van der Waals surface area contributed by atoms with E-state index in [0.717, 1.165) is 12.0 Å². The number of nitro benzene ring substituents is 1. The first-order valence-corrected chi connectivity index (χ1v) is 9.30. The SMILES string of the molecule is CCc1ccc(C(=O)NNC(=O)c2ccc(N3CCOCC3)c([N+](=O)[O-])c2)cc1. The number of morpholine rings is 1. The van der Waals surface area contributed by atoms with Crippen molar-refractivity contribution in [2.24, 2.45) is 0 Å². The molecule has 0 saturated carbocycles. The van der Waals surface area contributed by atoms with Crippen molar-refractivity contribution in [2.45, 2.75) is 13.3 Å². The second-order valence-corrected chi connectivity index (χ2v) is 6.52. The molecule has 3 rings (SSSR count). The van der Waals surface area contributed by atoms with Crippen molar-refractivity contribution in [2.75, 3.05) is 31.2 Å². The van der Waals surface area contributed by atoms with E-state index in [4.69, 9.17) is 4.74 Å². The molecule has 0 bridgehead atoms. The Labute approximate surface area is 167 Å². The van der Waals surface area contributed by atoms with E-state index in [0.29, 0.717) is 37.6 Å². The zero-order valence-electron chi connectivity index (χ0n) is 16.0. The van der Waals surface area contributed by atoms with Gasteiger partial charge in [-0.25, -0.2) is 0 Å². The van der Waals surface area contributed by atoms with E-state index >= 15 is 0 Å². The van der Waals surface area contributed by atoms with Gasteiger partial charge in [0.25, 0.3) is 17.5 Å². The van der Waals surface area contributed by atoms with Crippen molar-refractivity contribution in [3.05, 3.63) is 69.3 Å². The molecule has 1 saturated heterocycles. The van der Waals surface area contributed by atoms with Gasteiger partial charge in [-0.15, -0.1) is 0 Å². The molecule has 1 heterocycles. The number of aryl methyl sites for hydroxylation is 1. The fraction of sp³-hybridized carbons (Fsp3) is 0.300. The van der Waals surface area contributed by atoms with Crippen LogP contribution in [0.25, 0.3) is 0 Å². The first kappa shape index (κ1) is 20.3. The van der Waals surface area contributed by atoms with Crippen LogP contribution in [0.3, 0.4) is 0 Å². The lowest BCUT2D eigenvalue weighted by molar-refractivity contribution is -0.384. The van der Waals surface area contributed by atoms with Crippen LogP contribution in [-0.4, -0.2) is 43.0 Å². The monoisotopic (exact) mass is 398 g/mol. The molecule has 0 radical (unpaired) electrons. The quantitative estimate of drug-likeness (QED) is 0.589. The van der Waals surface area contributed by atoms with Crippen molar-refractivity contribution in [3.8, 4) is 0 Å². The molecular formula is C20H22N4O5. The van der Waals surface area contributed by atoms with E-state index in [9.17, 15) is 19.7 Å². The zero-order valence-corrected chi connectivity index (χ0v) is 16.0. The third-order valence-electron chi connectivity index (χ3n) is 4.70. The molecule has 9 nitrogen and oxygen atoms in total. The number of amides is 2. The molecule has 2 N–H and O–H groups in total. The largest absolute Gasteiger partial charge is 0.378 e. The summed E-state index contributed by atoms with van der Waals surface area (Å²) in [4.78, 5) is 37.3. The number of hydrazine groups is 1. The minimum atomic E-state index is -0.639. The number of carbonyl (C=O) groups is 2. The van der Waals surface area contributed by atoms with E-state index in [2.05, 4.69) is 10.9 Å². The molecule has 1 aliphatic heterocycles. The van der Waals surface area contributed by atoms with E-state index in [1.54, 1.807) is 18.2 Å². The van der Waals surface area contributed by atoms with Gasteiger partial charge in [0.05, 0.1) is 18.1 Å². The Kier molecular flexibility index (Phi) is 6.40. The van der Waals surface area contributed by atoms with Crippen molar-refractivity contribution >= 4 is 23.2 Å². The Bertz CT molecular complexity index is 908. The minimum Gasteiger partial charge on any atom is -0.378 e. The third-order valence-corrected chi connectivity index (χ3v) is 4.70. The molecule has 1 aliphatic rings. The van der Waals surface area contributed by atoms with Gasteiger partial charge in [0.2, 0.25) is 0 Å². The highest BCUT2D eigenvalue weighted by Gasteiger charge is 2.23. The molecule has 0 aliphatic carbocycles. The van der Waals surface area contributed by atoms with Gasteiger partial charge in [0.1, 0.15) is 5.69 Å². The van der Waals surface area contributed by atoms with Crippen molar-refractivity contribution in [1.82, 2.24) is 10.9 Å². The standard InChI is InChI=1S/C20H22N4O5/c1-2-14-3-5-15(6-4-14)19(25)21-22-20(26)16-7-8-17(18(13-16)24(27)28)23-9-11-29-12-10-23/h3-8,13H,2,9-12H2,1H3,(H,21,25)(H,22,26). The summed E-state index contributed by atoms with van der Waals surface area (Å²) in [5.41, 5.74) is 6.47. The maximum absolute atomic E-state index is 12.4. The molecule has 9 heteroatoms. The van der Waals surface area contributed by atoms with E-state index in [-0.39, 0.29) is 11.3 Å². The number of carbonyl (C=O) groups excluding carboxylic acids is 2. The van der Waals surface area contributed by atoms with Crippen molar-refractivity contribution in [1.29, 1.82) is 0 Å². The first-order valence-electron chi connectivity index (χ1n) is 9.30. The molecule has 0 unspecified atom stereocenters. The van der Waals surface area contributed by atoms with Gasteiger partial charge in [-0.1, -0.05) is 19.1 Å². The normalized spacial score (nSPS) is 13.6. The van der Waals surface area contributed by atoms with E-state index in [1.807, 2.05) is 24.0 Å². The minimum absolute atomic E-state index is 0.0790. The smallest absolute Gasteiger partial charge is 0.293 e. The molecule has 0 aromatic heterocycles. The highest BCUT2D eigenvalue weighted by atomic mass is 16.6. The van der Waals surface area contributed by atoms with Gasteiger partial charge in [-0.05, 0) is 36.2 Å². The number of hydrogen-bond donors (Lipinski definition) is 2. The van der Waals surface area contributed by atoms with Gasteiger partial charge < -0.3 is 9.64 Å². The Morgan fingerprint density at radius 3 is 2.21 bits per heavy atom. The average molecular weight is 398 g/mol. The second kappa shape index (κ2) is 9.16. The summed E-state index contributed by atoms with van der Waals surface area (Å²) < 4.78 is 5.27. The lowest BCUT2D eigenvalue weighted by atomic mass is 10.1. The molecule has 2 amide bonds. The first-order chi connectivity index (χ1) is 14.0.